The fourth-order valence-electron chi connectivity index (χ4n) is 1.40. The van der Waals surface area contributed by atoms with Crippen molar-refractivity contribution in [2.45, 2.75) is 6.92 Å². The molecule has 0 aliphatic heterocycles. The van der Waals surface area contributed by atoms with E-state index in [0.29, 0.717) is 10.6 Å². The van der Waals surface area contributed by atoms with Gasteiger partial charge in [-0.25, -0.2) is 0 Å². The van der Waals surface area contributed by atoms with Gasteiger partial charge in [0.1, 0.15) is 0 Å². The van der Waals surface area contributed by atoms with E-state index in [0.717, 1.165) is 16.6 Å². The molecule has 0 unspecified atom stereocenters. The van der Waals surface area contributed by atoms with Crippen LogP contribution in [0.25, 0.3) is 10.9 Å². The van der Waals surface area contributed by atoms with E-state index in [9.17, 15) is 0 Å². The standard InChI is InChI=1S/C10H7ClN2/c1-6-2-8-3-7(5-12)4-9(11)10(8)13-6/h2-4,13H,1H3. The number of hydrogen-bond acceptors (Lipinski definition) is 1. The zero-order chi connectivity index (χ0) is 9.42. The molecule has 1 aromatic carbocycles. The van der Waals surface area contributed by atoms with Gasteiger partial charge in [-0.15, -0.1) is 0 Å². The number of H-pyrrole nitrogens is 1. The monoisotopic (exact) mass is 190 g/mol. The van der Waals surface area contributed by atoms with Crippen LogP contribution in [0.5, 0.6) is 0 Å². The first-order valence-corrected chi connectivity index (χ1v) is 4.27. The molecular weight excluding hydrogens is 184 g/mol. The van der Waals surface area contributed by atoms with E-state index >= 15 is 0 Å². The fraction of sp³-hybridized carbons (Fsp3) is 0.100. The second-order valence-corrected chi connectivity index (χ2v) is 3.39. The first kappa shape index (κ1) is 8.15. The van der Waals surface area contributed by atoms with E-state index in [1.54, 1.807) is 6.07 Å². The van der Waals surface area contributed by atoms with Gasteiger partial charge in [0, 0.05) is 11.1 Å². The third-order valence-corrected chi connectivity index (χ3v) is 2.24. The molecule has 1 aromatic heterocycles. The van der Waals surface area contributed by atoms with Crippen LogP contribution in [0, 0.1) is 18.3 Å². The lowest BCUT2D eigenvalue weighted by molar-refractivity contribution is 1.30. The van der Waals surface area contributed by atoms with Crippen molar-refractivity contribution in [3.8, 4) is 6.07 Å². The topological polar surface area (TPSA) is 39.6 Å². The second-order valence-electron chi connectivity index (χ2n) is 2.99. The van der Waals surface area contributed by atoms with Gasteiger partial charge in [0.05, 0.1) is 22.2 Å². The van der Waals surface area contributed by atoms with E-state index in [2.05, 4.69) is 11.1 Å². The van der Waals surface area contributed by atoms with Crippen LogP contribution in [0.2, 0.25) is 5.02 Å². The summed E-state index contributed by atoms with van der Waals surface area (Å²) in [5, 5.41) is 10.3. The lowest BCUT2D eigenvalue weighted by atomic mass is 10.2. The van der Waals surface area contributed by atoms with Crippen LogP contribution in [-0.4, -0.2) is 4.98 Å². The number of rotatable bonds is 0. The Morgan fingerprint density at radius 2 is 2.15 bits per heavy atom. The molecule has 0 fully saturated rings. The van der Waals surface area contributed by atoms with Gasteiger partial charge in [-0.3, -0.25) is 0 Å². The highest BCUT2D eigenvalue weighted by Crippen LogP contribution is 2.25. The number of benzene rings is 1. The van der Waals surface area contributed by atoms with E-state index in [1.165, 1.54) is 0 Å². The van der Waals surface area contributed by atoms with Crippen molar-refractivity contribution in [2.75, 3.05) is 0 Å². The van der Waals surface area contributed by atoms with Crippen molar-refractivity contribution in [1.29, 1.82) is 5.26 Å². The third kappa shape index (κ3) is 1.28. The molecular formula is C10H7ClN2. The first-order chi connectivity index (χ1) is 6.20. The van der Waals surface area contributed by atoms with Gasteiger partial charge in [-0.2, -0.15) is 5.26 Å². The van der Waals surface area contributed by atoms with Crippen LogP contribution in [-0.2, 0) is 0 Å². The Morgan fingerprint density at radius 3 is 2.85 bits per heavy atom. The zero-order valence-corrected chi connectivity index (χ0v) is 7.81. The molecule has 1 heterocycles. The number of halogens is 1. The van der Waals surface area contributed by atoms with E-state index in [-0.39, 0.29) is 0 Å². The number of nitrogens with one attached hydrogen (secondary N) is 1. The van der Waals surface area contributed by atoms with Crippen LogP contribution in [0.1, 0.15) is 11.3 Å². The highest BCUT2D eigenvalue weighted by Gasteiger charge is 2.03. The average Bonchev–Trinajstić information content (AvgIpc) is 2.46. The van der Waals surface area contributed by atoms with Gasteiger partial charge >= 0.3 is 0 Å². The van der Waals surface area contributed by atoms with Gasteiger partial charge in [-0.1, -0.05) is 11.6 Å². The van der Waals surface area contributed by atoms with Crippen LogP contribution in [0.15, 0.2) is 18.2 Å². The maximum atomic E-state index is 8.71. The number of aromatic amines is 1. The van der Waals surface area contributed by atoms with Crippen molar-refractivity contribution in [1.82, 2.24) is 4.98 Å². The van der Waals surface area contributed by atoms with Gasteiger partial charge in [-0.05, 0) is 25.1 Å². The van der Waals surface area contributed by atoms with Crippen molar-refractivity contribution in [3.05, 3.63) is 34.5 Å². The fourth-order valence-corrected chi connectivity index (χ4v) is 1.68. The Balaban J connectivity index is 2.85. The molecule has 3 heteroatoms. The summed E-state index contributed by atoms with van der Waals surface area (Å²) in [6.45, 7) is 1.96. The summed E-state index contributed by atoms with van der Waals surface area (Å²) < 4.78 is 0. The maximum Gasteiger partial charge on any atom is 0.0992 e. The molecule has 0 saturated heterocycles. The molecule has 0 amide bonds. The number of aryl methyl sites for hydroxylation is 1. The molecule has 2 aromatic rings. The molecule has 0 atom stereocenters. The largest absolute Gasteiger partial charge is 0.357 e. The Hall–Kier alpha value is -1.46. The summed E-state index contributed by atoms with van der Waals surface area (Å²) in [5.41, 5.74) is 2.54. The first-order valence-electron chi connectivity index (χ1n) is 3.89. The SMILES string of the molecule is Cc1cc2cc(C#N)cc(Cl)c2[nH]1. The highest BCUT2D eigenvalue weighted by molar-refractivity contribution is 6.35. The van der Waals surface area contributed by atoms with Crippen LogP contribution in [0.3, 0.4) is 0 Å². The minimum absolute atomic E-state index is 0.594. The third-order valence-electron chi connectivity index (χ3n) is 1.94. The minimum Gasteiger partial charge on any atom is -0.357 e. The lowest BCUT2D eigenvalue weighted by Gasteiger charge is -1.94. The summed E-state index contributed by atoms with van der Waals surface area (Å²) >= 11 is 5.97. The molecule has 0 radical (unpaired) electrons. The summed E-state index contributed by atoms with van der Waals surface area (Å²) in [5.74, 6) is 0. The predicted molar refractivity (Wildman–Crippen MR) is 52.8 cm³/mol. The van der Waals surface area contributed by atoms with Gasteiger partial charge in [0.2, 0.25) is 0 Å². The Kier molecular flexibility index (Phi) is 1.75. The summed E-state index contributed by atoms with van der Waals surface area (Å²) in [7, 11) is 0. The molecule has 0 aliphatic rings. The van der Waals surface area contributed by atoms with Crippen molar-refractivity contribution in [2.24, 2.45) is 0 Å². The summed E-state index contributed by atoms with van der Waals surface area (Å²) in [6, 6.07) is 7.54. The quantitative estimate of drug-likeness (QED) is 0.682. The minimum atomic E-state index is 0.594. The van der Waals surface area contributed by atoms with Gasteiger partial charge in [0.15, 0.2) is 0 Å². The average molecular weight is 191 g/mol. The predicted octanol–water partition coefficient (Wildman–Crippen LogP) is 3.00. The molecule has 2 rings (SSSR count). The van der Waals surface area contributed by atoms with Crippen LogP contribution < -0.4 is 0 Å². The second kappa shape index (κ2) is 2.79. The van der Waals surface area contributed by atoms with Gasteiger partial charge < -0.3 is 4.98 Å². The Labute approximate surface area is 80.7 Å². The molecule has 13 heavy (non-hydrogen) atoms. The summed E-state index contributed by atoms with van der Waals surface area (Å²) in [6.07, 6.45) is 0. The molecule has 0 bridgehead atoms. The van der Waals surface area contributed by atoms with Crippen molar-refractivity contribution < 1.29 is 0 Å². The summed E-state index contributed by atoms with van der Waals surface area (Å²) in [4.78, 5) is 3.14. The Morgan fingerprint density at radius 1 is 1.38 bits per heavy atom. The molecule has 2 nitrogen and oxygen atoms in total. The maximum absolute atomic E-state index is 8.71. The van der Waals surface area contributed by atoms with E-state index in [4.69, 9.17) is 16.9 Å². The molecule has 1 N–H and O–H groups in total. The van der Waals surface area contributed by atoms with E-state index < -0.39 is 0 Å². The Bertz CT molecular complexity index is 505. The van der Waals surface area contributed by atoms with Crippen molar-refractivity contribution >= 4 is 22.5 Å². The highest BCUT2D eigenvalue weighted by atomic mass is 35.5. The number of fused-ring (bicyclic) bond motifs is 1. The lowest BCUT2D eigenvalue weighted by Crippen LogP contribution is -1.76. The zero-order valence-electron chi connectivity index (χ0n) is 7.06. The number of nitrogens with zero attached hydrogens (tertiary/aromatic N) is 1. The number of hydrogen-bond donors (Lipinski definition) is 1. The van der Waals surface area contributed by atoms with Crippen LogP contribution in [0.4, 0.5) is 0 Å². The van der Waals surface area contributed by atoms with Crippen molar-refractivity contribution in [3.63, 3.8) is 0 Å². The molecule has 0 aliphatic carbocycles. The normalized spacial score (nSPS) is 10.2. The van der Waals surface area contributed by atoms with Gasteiger partial charge in [0.25, 0.3) is 0 Å². The van der Waals surface area contributed by atoms with Crippen LogP contribution >= 0.6 is 11.6 Å². The molecule has 64 valence electrons. The number of nitriles is 1. The number of aromatic nitrogens is 1. The smallest absolute Gasteiger partial charge is 0.0992 e. The van der Waals surface area contributed by atoms with E-state index in [1.807, 2.05) is 19.1 Å². The molecule has 0 saturated carbocycles. The molecule has 0 spiro atoms.